The van der Waals surface area contributed by atoms with Crippen LogP contribution in [0.3, 0.4) is 0 Å². The Morgan fingerprint density at radius 2 is 1.55 bits per heavy atom. The van der Waals surface area contributed by atoms with Crippen LogP contribution in [0.2, 0.25) is 0 Å². The van der Waals surface area contributed by atoms with Gasteiger partial charge in [-0.1, -0.05) is 12.1 Å². The van der Waals surface area contributed by atoms with Crippen LogP contribution in [0.25, 0.3) is 0 Å². The van der Waals surface area contributed by atoms with Crippen LogP contribution in [0.5, 0.6) is 0 Å². The summed E-state index contributed by atoms with van der Waals surface area (Å²) in [6, 6.07) is 8.07. The molecule has 0 heterocycles. The number of nitrogens with zero attached hydrogens (tertiary/aromatic N) is 2. The second-order valence-corrected chi connectivity index (χ2v) is 9.26. The van der Waals surface area contributed by atoms with Crippen molar-refractivity contribution >= 4 is 23.6 Å². The molecule has 0 unspecified atom stereocenters. The van der Waals surface area contributed by atoms with Crippen LogP contribution in [0.1, 0.15) is 64.9 Å². The highest BCUT2D eigenvalue weighted by Crippen LogP contribution is 2.16. The second kappa shape index (κ2) is 14.4. The summed E-state index contributed by atoms with van der Waals surface area (Å²) in [5.74, 6) is -0.511. The molecule has 9 heteroatoms. The number of rotatable bonds is 13. The van der Waals surface area contributed by atoms with E-state index in [1.54, 1.807) is 10.4 Å². The number of benzene rings is 1. The summed E-state index contributed by atoms with van der Waals surface area (Å²) in [5.41, 5.74) is 3.12. The molecule has 186 valence electrons. The lowest BCUT2D eigenvalue weighted by Gasteiger charge is -2.27. The largest absolute Gasteiger partial charge is 0.444 e. The van der Waals surface area contributed by atoms with E-state index in [1.807, 2.05) is 64.0 Å². The van der Waals surface area contributed by atoms with Gasteiger partial charge in [0, 0.05) is 52.3 Å². The predicted octanol–water partition coefficient (Wildman–Crippen LogP) is 3.45. The first-order valence-corrected chi connectivity index (χ1v) is 11.5. The molecule has 0 atom stereocenters. The third kappa shape index (κ3) is 12.7. The van der Waals surface area contributed by atoms with Crippen LogP contribution >= 0.6 is 0 Å². The molecular weight excluding hydrogens is 424 g/mol. The smallest absolute Gasteiger partial charge is 0.410 e. The summed E-state index contributed by atoms with van der Waals surface area (Å²) in [7, 11) is 3.97. The first kappa shape index (κ1) is 28.2. The van der Waals surface area contributed by atoms with Gasteiger partial charge in [0.1, 0.15) is 5.60 Å². The van der Waals surface area contributed by atoms with Crippen molar-refractivity contribution in [3.8, 4) is 0 Å². The summed E-state index contributed by atoms with van der Waals surface area (Å²) < 4.78 is 5.57. The minimum Gasteiger partial charge on any atom is -0.444 e. The highest BCUT2D eigenvalue weighted by atomic mass is 16.6. The van der Waals surface area contributed by atoms with Crippen molar-refractivity contribution in [3.05, 3.63) is 29.8 Å². The van der Waals surface area contributed by atoms with Crippen LogP contribution in [0.15, 0.2) is 24.3 Å². The lowest BCUT2D eigenvalue weighted by Crippen LogP contribution is -2.37. The average molecular weight is 465 g/mol. The summed E-state index contributed by atoms with van der Waals surface area (Å²) >= 11 is 0. The number of hydrogen-bond donors (Lipinski definition) is 3. The Hall–Kier alpha value is -2.81. The van der Waals surface area contributed by atoms with Crippen molar-refractivity contribution in [1.29, 1.82) is 0 Å². The van der Waals surface area contributed by atoms with E-state index in [2.05, 4.69) is 5.32 Å². The molecule has 0 spiro atoms. The van der Waals surface area contributed by atoms with Crippen LogP contribution in [0.4, 0.5) is 10.5 Å². The normalized spacial score (nSPS) is 11.0. The number of unbranched alkanes of at least 4 members (excludes halogenated alkanes) is 2. The predicted molar refractivity (Wildman–Crippen MR) is 128 cm³/mol. The molecule has 0 radical (unpaired) electrons. The standard InChI is InChI=1S/C24H40N4O5/c1-24(2,3)33-23(31)28(18-19-12-14-20(15-13-19)27(4)5)17-9-8-16-25-21(29)10-6-7-11-22(30)26-32/h12-15,32H,6-11,16-18H2,1-5H3,(H,25,29)(H,26,30). The molecule has 33 heavy (non-hydrogen) atoms. The fourth-order valence-corrected chi connectivity index (χ4v) is 3.05. The van der Waals surface area contributed by atoms with E-state index in [-0.39, 0.29) is 18.4 Å². The topological polar surface area (TPSA) is 111 Å². The number of ether oxygens (including phenoxy) is 1. The fraction of sp³-hybridized carbons (Fsp3) is 0.625. The molecule has 1 aromatic rings. The van der Waals surface area contributed by atoms with E-state index >= 15 is 0 Å². The van der Waals surface area contributed by atoms with Gasteiger partial charge in [0.05, 0.1) is 0 Å². The van der Waals surface area contributed by atoms with Crippen molar-refractivity contribution in [2.45, 2.75) is 71.4 Å². The van der Waals surface area contributed by atoms with Crippen LogP contribution < -0.4 is 15.7 Å². The van der Waals surface area contributed by atoms with Crippen molar-refractivity contribution in [2.24, 2.45) is 0 Å². The SMILES string of the molecule is CN(C)c1ccc(CN(CCCCNC(=O)CCCCC(=O)NO)C(=O)OC(C)(C)C)cc1. The molecule has 0 aliphatic heterocycles. The van der Waals surface area contributed by atoms with Crippen LogP contribution in [-0.2, 0) is 20.9 Å². The summed E-state index contributed by atoms with van der Waals surface area (Å²) in [6.45, 7) is 7.05. The molecule has 1 aromatic carbocycles. The van der Waals surface area contributed by atoms with Gasteiger partial charge in [-0.2, -0.15) is 0 Å². The van der Waals surface area contributed by atoms with Gasteiger partial charge in [0.15, 0.2) is 0 Å². The summed E-state index contributed by atoms with van der Waals surface area (Å²) in [6.07, 6.45) is 2.77. The maximum atomic E-state index is 12.7. The monoisotopic (exact) mass is 464 g/mol. The van der Waals surface area contributed by atoms with Crippen molar-refractivity contribution < 1.29 is 24.3 Å². The van der Waals surface area contributed by atoms with E-state index in [0.717, 1.165) is 24.1 Å². The summed E-state index contributed by atoms with van der Waals surface area (Å²) in [5, 5.41) is 11.3. The first-order chi connectivity index (χ1) is 15.5. The molecule has 0 aliphatic carbocycles. The molecule has 1 rings (SSSR count). The van der Waals surface area contributed by atoms with Gasteiger partial charge >= 0.3 is 6.09 Å². The Kier molecular flexibility index (Phi) is 12.3. The highest BCUT2D eigenvalue weighted by molar-refractivity contribution is 5.76. The third-order valence-electron chi connectivity index (χ3n) is 4.84. The second-order valence-electron chi connectivity index (χ2n) is 9.26. The zero-order valence-electron chi connectivity index (χ0n) is 20.6. The van der Waals surface area contributed by atoms with Gasteiger partial charge in [0.2, 0.25) is 11.8 Å². The molecule has 0 aliphatic rings. The fourth-order valence-electron chi connectivity index (χ4n) is 3.05. The molecule has 9 nitrogen and oxygen atoms in total. The van der Waals surface area contributed by atoms with Gasteiger partial charge in [0.25, 0.3) is 0 Å². The van der Waals surface area contributed by atoms with Gasteiger partial charge in [-0.15, -0.1) is 0 Å². The Morgan fingerprint density at radius 1 is 0.939 bits per heavy atom. The molecular formula is C24H40N4O5. The maximum absolute atomic E-state index is 12.7. The Labute approximate surface area is 197 Å². The lowest BCUT2D eigenvalue weighted by atomic mass is 10.1. The van der Waals surface area contributed by atoms with Crippen molar-refractivity contribution in [3.63, 3.8) is 0 Å². The van der Waals surface area contributed by atoms with E-state index in [0.29, 0.717) is 38.9 Å². The molecule has 3 amide bonds. The molecule has 0 fully saturated rings. The maximum Gasteiger partial charge on any atom is 0.410 e. The van der Waals surface area contributed by atoms with E-state index in [9.17, 15) is 14.4 Å². The minimum absolute atomic E-state index is 0.0654. The lowest BCUT2D eigenvalue weighted by molar-refractivity contribution is -0.129. The van der Waals surface area contributed by atoms with Crippen LogP contribution in [-0.4, -0.2) is 60.8 Å². The molecule has 0 saturated carbocycles. The van der Waals surface area contributed by atoms with Crippen molar-refractivity contribution in [2.75, 3.05) is 32.1 Å². The Balaban J connectivity index is 2.47. The number of hydrogen-bond acceptors (Lipinski definition) is 6. The van der Waals surface area contributed by atoms with E-state index in [1.165, 1.54) is 0 Å². The van der Waals surface area contributed by atoms with Crippen LogP contribution in [0, 0.1) is 0 Å². The number of carbonyl (C=O) groups is 3. The Morgan fingerprint density at radius 3 is 2.09 bits per heavy atom. The van der Waals surface area contributed by atoms with E-state index in [4.69, 9.17) is 9.94 Å². The number of amides is 3. The molecule has 3 N–H and O–H groups in total. The first-order valence-electron chi connectivity index (χ1n) is 11.5. The molecule has 0 bridgehead atoms. The molecule has 0 aromatic heterocycles. The summed E-state index contributed by atoms with van der Waals surface area (Å²) in [4.78, 5) is 39.3. The van der Waals surface area contributed by atoms with Gasteiger partial charge in [-0.25, -0.2) is 10.3 Å². The number of nitrogens with one attached hydrogen (secondary N) is 2. The van der Waals surface area contributed by atoms with Gasteiger partial charge < -0.3 is 19.9 Å². The van der Waals surface area contributed by atoms with Gasteiger partial charge in [-0.05, 0) is 64.2 Å². The average Bonchev–Trinajstić information content (AvgIpc) is 2.74. The number of carbonyl (C=O) groups excluding carboxylic acids is 3. The van der Waals surface area contributed by atoms with E-state index < -0.39 is 11.5 Å². The third-order valence-corrected chi connectivity index (χ3v) is 4.84. The zero-order chi connectivity index (χ0) is 24.9. The quantitative estimate of drug-likeness (QED) is 0.234. The Bertz CT molecular complexity index is 744. The van der Waals surface area contributed by atoms with Crippen molar-refractivity contribution in [1.82, 2.24) is 15.7 Å². The van der Waals surface area contributed by atoms with Gasteiger partial charge in [-0.3, -0.25) is 14.8 Å². The number of anilines is 1. The molecule has 0 saturated heterocycles. The number of hydroxylamine groups is 1. The highest BCUT2D eigenvalue weighted by Gasteiger charge is 2.22. The zero-order valence-corrected chi connectivity index (χ0v) is 20.6. The minimum atomic E-state index is -0.573.